The topological polar surface area (TPSA) is 131 Å². The summed E-state index contributed by atoms with van der Waals surface area (Å²) in [7, 11) is -4.39. The maximum atomic E-state index is 11.9. The van der Waals surface area contributed by atoms with Crippen LogP contribution in [0.1, 0.15) is 162 Å². The van der Waals surface area contributed by atoms with Crippen LogP contribution in [0.25, 0.3) is 0 Å². The first-order valence-corrected chi connectivity index (χ1v) is 20.5. The average Bonchev–Trinajstić information content (AvgIpc) is 3.07. The van der Waals surface area contributed by atoms with Gasteiger partial charge in [0.25, 0.3) is 0 Å². The summed E-state index contributed by atoms with van der Waals surface area (Å²) < 4.78 is 26.6. The predicted octanol–water partition coefficient (Wildman–Crippen LogP) is 9.82. The summed E-state index contributed by atoms with van der Waals surface area (Å²) in [5, 5.41) is 12.6. The van der Waals surface area contributed by atoms with Gasteiger partial charge in [0.05, 0.1) is 13.2 Å². The van der Waals surface area contributed by atoms with Crippen molar-refractivity contribution in [3.8, 4) is 0 Å². The largest absolute Gasteiger partial charge is 0.472 e. The summed E-state index contributed by atoms with van der Waals surface area (Å²) in [4.78, 5) is 33.4. The molecular weight excluding hydrogens is 629 g/mol. The Labute approximate surface area is 293 Å². The molecule has 0 aromatic carbocycles. The minimum Gasteiger partial charge on any atom is -0.463 e. The van der Waals surface area contributed by atoms with Gasteiger partial charge in [0.2, 0.25) is 5.91 Å². The van der Waals surface area contributed by atoms with Crippen molar-refractivity contribution in [2.45, 2.75) is 168 Å². The maximum Gasteiger partial charge on any atom is 0.472 e. The van der Waals surface area contributed by atoms with Crippen molar-refractivity contribution in [3.05, 3.63) is 36.5 Å². The molecule has 0 saturated heterocycles. The highest BCUT2D eigenvalue weighted by Gasteiger charge is 2.23. The fourth-order valence-electron chi connectivity index (χ4n) is 4.91. The number of aliphatic hydroxyl groups excluding tert-OH is 1. The molecule has 0 aromatic heterocycles. The van der Waals surface area contributed by atoms with Gasteiger partial charge in [-0.25, -0.2) is 4.57 Å². The number of rotatable bonds is 35. The van der Waals surface area contributed by atoms with Crippen LogP contribution in [0.2, 0.25) is 0 Å². The number of carbonyl (C=O) groups is 2. The van der Waals surface area contributed by atoms with Crippen LogP contribution in [-0.4, -0.2) is 54.3 Å². The zero-order chi connectivity index (χ0) is 35.4. The Bertz CT molecular complexity index is 892. The van der Waals surface area contributed by atoms with E-state index in [9.17, 15) is 24.2 Å². The first-order chi connectivity index (χ1) is 23.3. The first kappa shape index (κ1) is 46.2. The summed E-state index contributed by atoms with van der Waals surface area (Å²) in [5.41, 5.74) is 0. The number of phosphoric acid groups is 1. The summed E-state index contributed by atoms with van der Waals surface area (Å²) in [5.74, 6) is -0.539. The van der Waals surface area contributed by atoms with Gasteiger partial charge in [-0.15, -0.1) is 0 Å². The van der Waals surface area contributed by atoms with Crippen LogP contribution in [0.5, 0.6) is 0 Å². The molecule has 0 saturated carbocycles. The van der Waals surface area contributed by atoms with E-state index in [0.29, 0.717) is 6.42 Å². The Kier molecular flexibility index (Phi) is 33.8. The lowest BCUT2D eigenvalue weighted by Gasteiger charge is -2.15. The summed E-state index contributed by atoms with van der Waals surface area (Å²) in [6.07, 6.45) is 37.0. The molecule has 0 aliphatic heterocycles. The molecule has 0 aliphatic rings. The normalized spacial score (nSPS) is 13.8. The van der Waals surface area contributed by atoms with E-state index in [1.807, 2.05) is 0 Å². The van der Waals surface area contributed by atoms with Crippen LogP contribution < -0.4 is 5.32 Å². The van der Waals surface area contributed by atoms with Gasteiger partial charge in [-0.3, -0.25) is 18.6 Å². The fourth-order valence-corrected chi connectivity index (χ4v) is 5.67. The smallest absolute Gasteiger partial charge is 0.463 e. The van der Waals surface area contributed by atoms with Crippen molar-refractivity contribution < 1.29 is 37.9 Å². The molecule has 280 valence electrons. The summed E-state index contributed by atoms with van der Waals surface area (Å²) >= 11 is 0. The van der Waals surface area contributed by atoms with Crippen molar-refractivity contribution in [2.75, 3.05) is 26.4 Å². The highest BCUT2D eigenvalue weighted by molar-refractivity contribution is 7.47. The van der Waals surface area contributed by atoms with Crippen LogP contribution in [-0.2, 0) is 27.9 Å². The van der Waals surface area contributed by atoms with Crippen LogP contribution in [0, 0.1) is 0 Å². The third-order valence-electron chi connectivity index (χ3n) is 7.82. The van der Waals surface area contributed by atoms with E-state index in [0.717, 1.165) is 57.8 Å². The van der Waals surface area contributed by atoms with Crippen LogP contribution in [0.15, 0.2) is 36.5 Å². The standard InChI is InChI=1S/C38H70NO8P/c1-3-5-7-9-10-11-12-13-14-15-16-17-18-19-20-21-22-23-24-25-26-27-29-31-38(42)45-34-36(40)35-47-48(43,44)46-33-32-39-37(41)30-28-8-6-4-2/h10-11,13-14,16-17,36,40H,3-9,12,15,18-35H2,1-2H3,(H,39,41)(H,43,44)/b11-10-,14-13-,17-16-. The number of hydrogen-bond donors (Lipinski definition) is 3. The molecule has 2 atom stereocenters. The van der Waals surface area contributed by atoms with Gasteiger partial charge in [-0.1, -0.05) is 134 Å². The van der Waals surface area contributed by atoms with Gasteiger partial charge in [0.15, 0.2) is 0 Å². The van der Waals surface area contributed by atoms with E-state index >= 15 is 0 Å². The number of carbonyl (C=O) groups excluding carboxylic acids is 2. The first-order valence-electron chi connectivity index (χ1n) is 19.0. The van der Waals surface area contributed by atoms with Gasteiger partial charge >= 0.3 is 13.8 Å². The van der Waals surface area contributed by atoms with Gasteiger partial charge in [0.1, 0.15) is 12.7 Å². The number of unbranched alkanes of at least 4 members (excludes halogenated alkanes) is 16. The second-order valence-electron chi connectivity index (χ2n) is 12.6. The van der Waals surface area contributed by atoms with Crippen molar-refractivity contribution in [1.82, 2.24) is 5.32 Å². The summed E-state index contributed by atoms with van der Waals surface area (Å²) in [6, 6.07) is 0. The van der Waals surface area contributed by atoms with E-state index in [2.05, 4.69) is 55.6 Å². The lowest BCUT2D eigenvalue weighted by atomic mass is 10.1. The SMILES string of the molecule is CCCCC/C=C\C/C=C\C/C=C\CCCCCCCCCCCCC(=O)OCC(O)COP(=O)(O)OCCNC(=O)CCCCCC. The molecule has 1 amide bonds. The monoisotopic (exact) mass is 699 g/mol. The van der Waals surface area contributed by atoms with Crippen molar-refractivity contribution >= 4 is 19.7 Å². The molecule has 3 N–H and O–H groups in total. The molecule has 0 bridgehead atoms. The average molecular weight is 700 g/mol. The maximum absolute atomic E-state index is 11.9. The van der Waals surface area contributed by atoms with E-state index < -0.39 is 26.5 Å². The van der Waals surface area contributed by atoms with E-state index in [4.69, 9.17) is 13.8 Å². The number of hydrogen-bond acceptors (Lipinski definition) is 7. The van der Waals surface area contributed by atoms with Gasteiger partial charge in [0, 0.05) is 19.4 Å². The molecule has 48 heavy (non-hydrogen) atoms. The summed E-state index contributed by atoms with van der Waals surface area (Å²) in [6.45, 7) is 3.38. The number of nitrogens with one attached hydrogen (secondary N) is 1. The zero-order valence-corrected chi connectivity index (χ0v) is 31.3. The van der Waals surface area contributed by atoms with Crippen LogP contribution in [0.3, 0.4) is 0 Å². The van der Waals surface area contributed by atoms with Gasteiger partial charge < -0.3 is 20.1 Å². The number of phosphoric ester groups is 1. The van der Waals surface area contributed by atoms with E-state index in [-0.39, 0.29) is 32.1 Å². The molecule has 2 unspecified atom stereocenters. The second-order valence-corrected chi connectivity index (χ2v) is 14.0. The Morgan fingerprint density at radius 2 is 1.12 bits per heavy atom. The lowest BCUT2D eigenvalue weighted by molar-refractivity contribution is -0.147. The Morgan fingerprint density at radius 3 is 1.73 bits per heavy atom. The molecule has 0 fully saturated rings. The Balaban J connectivity index is 3.56. The van der Waals surface area contributed by atoms with Crippen molar-refractivity contribution in [1.29, 1.82) is 0 Å². The minimum atomic E-state index is -4.39. The van der Waals surface area contributed by atoms with Gasteiger partial charge in [-0.2, -0.15) is 0 Å². The molecule has 0 radical (unpaired) electrons. The second kappa shape index (κ2) is 35.1. The van der Waals surface area contributed by atoms with E-state index in [1.165, 1.54) is 77.0 Å². The molecule has 10 heteroatoms. The number of aliphatic hydroxyl groups is 1. The Morgan fingerprint density at radius 1 is 0.646 bits per heavy atom. The molecule has 0 rings (SSSR count). The number of esters is 1. The minimum absolute atomic E-state index is 0.0792. The molecule has 0 heterocycles. The van der Waals surface area contributed by atoms with Crippen molar-refractivity contribution in [3.63, 3.8) is 0 Å². The highest BCUT2D eigenvalue weighted by atomic mass is 31.2. The van der Waals surface area contributed by atoms with Crippen LogP contribution >= 0.6 is 7.82 Å². The Hall–Kier alpha value is -1.77. The molecule has 0 aliphatic carbocycles. The number of ether oxygens (including phenoxy) is 1. The quantitative estimate of drug-likeness (QED) is 0.0258. The third kappa shape index (κ3) is 35.5. The number of allylic oxidation sites excluding steroid dienone is 6. The third-order valence-corrected chi connectivity index (χ3v) is 8.81. The van der Waals surface area contributed by atoms with Gasteiger partial charge in [-0.05, 0) is 51.4 Å². The van der Waals surface area contributed by atoms with Crippen molar-refractivity contribution in [2.24, 2.45) is 0 Å². The molecular formula is C38H70NO8P. The highest BCUT2D eigenvalue weighted by Crippen LogP contribution is 2.42. The lowest BCUT2D eigenvalue weighted by Crippen LogP contribution is -2.27. The molecule has 9 nitrogen and oxygen atoms in total. The van der Waals surface area contributed by atoms with E-state index in [1.54, 1.807) is 0 Å². The zero-order valence-electron chi connectivity index (χ0n) is 30.4. The fraction of sp³-hybridized carbons (Fsp3) is 0.789. The molecule has 0 spiro atoms. The molecule has 0 aromatic rings. The van der Waals surface area contributed by atoms with Crippen LogP contribution in [0.4, 0.5) is 0 Å². The predicted molar refractivity (Wildman–Crippen MR) is 197 cm³/mol. The number of amides is 1.